The lowest BCUT2D eigenvalue weighted by Crippen LogP contribution is -2.12. The molecule has 0 unspecified atom stereocenters. The number of pyridine rings is 1. The van der Waals surface area contributed by atoms with Gasteiger partial charge in [-0.3, -0.25) is 19.9 Å². The summed E-state index contributed by atoms with van der Waals surface area (Å²) in [6, 6.07) is 15.8. The number of ether oxygens (including phenoxy) is 1. The fourth-order valence-electron chi connectivity index (χ4n) is 2.14. The van der Waals surface area contributed by atoms with E-state index >= 15 is 0 Å². The van der Waals surface area contributed by atoms with Gasteiger partial charge >= 0.3 is 0 Å². The van der Waals surface area contributed by atoms with E-state index in [1.165, 1.54) is 24.3 Å². The molecular formula is C18H13N3O4. The number of nitro groups is 1. The minimum absolute atomic E-state index is 0.0314. The number of carbonyl (C=O) groups excluding carboxylic acids is 1. The van der Waals surface area contributed by atoms with Gasteiger partial charge < -0.3 is 10.1 Å². The third-order valence-corrected chi connectivity index (χ3v) is 3.35. The lowest BCUT2D eigenvalue weighted by Gasteiger charge is -2.11. The fourth-order valence-corrected chi connectivity index (χ4v) is 2.14. The molecule has 7 heteroatoms. The summed E-state index contributed by atoms with van der Waals surface area (Å²) in [5.74, 6) is 0.418. The maximum absolute atomic E-state index is 12.5. The van der Waals surface area contributed by atoms with Crippen molar-refractivity contribution in [2.45, 2.75) is 0 Å². The van der Waals surface area contributed by atoms with Crippen LogP contribution < -0.4 is 10.1 Å². The van der Waals surface area contributed by atoms with Gasteiger partial charge in [0, 0.05) is 30.2 Å². The van der Waals surface area contributed by atoms with E-state index in [9.17, 15) is 14.9 Å². The zero-order chi connectivity index (χ0) is 17.6. The normalized spacial score (nSPS) is 10.1. The van der Waals surface area contributed by atoms with E-state index in [-0.39, 0.29) is 11.6 Å². The first kappa shape index (κ1) is 16.1. The zero-order valence-electron chi connectivity index (χ0n) is 13.0. The van der Waals surface area contributed by atoms with E-state index in [4.69, 9.17) is 4.74 Å². The standard InChI is InChI=1S/C18H13N3O4/c22-18(20-13-9-11-19-12-10-13)16-3-1-2-4-17(16)25-15-7-5-14(6-8-15)21(23)24/h1-12H,(H,19,20,22). The predicted octanol–water partition coefficient (Wildman–Crippen LogP) is 4.03. The lowest BCUT2D eigenvalue weighted by atomic mass is 10.2. The highest BCUT2D eigenvalue weighted by Crippen LogP contribution is 2.27. The Morgan fingerprint density at radius 3 is 2.36 bits per heavy atom. The molecule has 0 atom stereocenters. The van der Waals surface area contributed by atoms with Crippen LogP contribution in [0.2, 0.25) is 0 Å². The Kier molecular flexibility index (Phi) is 4.66. The van der Waals surface area contributed by atoms with E-state index in [0.717, 1.165) is 0 Å². The van der Waals surface area contributed by atoms with Crippen LogP contribution in [0, 0.1) is 10.1 Å². The Bertz CT molecular complexity index is 896. The van der Waals surface area contributed by atoms with Gasteiger partial charge in [0.05, 0.1) is 10.5 Å². The van der Waals surface area contributed by atoms with E-state index < -0.39 is 4.92 Å². The van der Waals surface area contributed by atoms with Gasteiger partial charge in [0.25, 0.3) is 11.6 Å². The van der Waals surface area contributed by atoms with Crippen LogP contribution in [-0.2, 0) is 0 Å². The molecule has 1 amide bonds. The lowest BCUT2D eigenvalue weighted by molar-refractivity contribution is -0.384. The summed E-state index contributed by atoms with van der Waals surface area (Å²) in [4.78, 5) is 26.6. The van der Waals surface area contributed by atoms with Crippen LogP contribution in [0.25, 0.3) is 0 Å². The number of benzene rings is 2. The molecule has 0 saturated heterocycles. The summed E-state index contributed by atoms with van der Waals surface area (Å²) in [6.07, 6.45) is 3.16. The van der Waals surface area contributed by atoms with Crippen molar-refractivity contribution in [1.82, 2.24) is 4.98 Å². The van der Waals surface area contributed by atoms with Crippen molar-refractivity contribution in [1.29, 1.82) is 0 Å². The smallest absolute Gasteiger partial charge is 0.269 e. The molecule has 124 valence electrons. The monoisotopic (exact) mass is 335 g/mol. The minimum Gasteiger partial charge on any atom is -0.457 e. The van der Waals surface area contributed by atoms with Crippen LogP contribution in [0.5, 0.6) is 11.5 Å². The molecule has 0 fully saturated rings. The average molecular weight is 335 g/mol. The first-order chi connectivity index (χ1) is 12.1. The second-order valence-electron chi connectivity index (χ2n) is 5.04. The van der Waals surface area contributed by atoms with Gasteiger partial charge in [-0.05, 0) is 36.4 Å². The van der Waals surface area contributed by atoms with Crippen molar-refractivity contribution >= 4 is 17.3 Å². The molecule has 0 aliphatic heterocycles. The maximum Gasteiger partial charge on any atom is 0.269 e. The van der Waals surface area contributed by atoms with Crippen molar-refractivity contribution in [3.05, 3.63) is 88.7 Å². The molecule has 3 rings (SSSR count). The zero-order valence-corrected chi connectivity index (χ0v) is 13.0. The first-order valence-electron chi connectivity index (χ1n) is 7.36. The summed E-state index contributed by atoms with van der Waals surface area (Å²) in [5.41, 5.74) is 0.930. The van der Waals surface area contributed by atoms with Crippen molar-refractivity contribution < 1.29 is 14.5 Å². The largest absolute Gasteiger partial charge is 0.457 e. The molecule has 0 saturated carbocycles. The van der Waals surface area contributed by atoms with Crippen molar-refractivity contribution in [3.8, 4) is 11.5 Å². The molecule has 0 aliphatic carbocycles. The van der Waals surface area contributed by atoms with Crippen LogP contribution in [-0.4, -0.2) is 15.8 Å². The number of nitrogens with one attached hydrogen (secondary N) is 1. The highest BCUT2D eigenvalue weighted by Gasteiger charge is 2.13. The molecule has 0 aliphatic rings. The quantitative estimate of drug-likeness (QED) is 0.561. The molecule has 0 spiro atoms. The number of rotatable bonds is 5. The summed E-state index contributed by atoms with van der Waals surface area (Å²) in [5, 5.41) is 13.5. The maximum atomic E-state index is 12.5. The van der Waals surface area contributed by atoms with Gasteiger partial charge in [-0.1, -0.05) is 12.1 Å². The number of nitrogens with zero attached hydrogens (tertiary/aromatic N) is 2. The molecule has 1 aromatic heterocycles. The number of hydrogen-bond acceptors (Lipinski definition) is 5. The van der Waals surface area contributed by atoms with Gasteiger partial charge in [-0.15, -0.1) is 0 Å². The van der Waals surface area contributed by atoms with Gasteiger partial charge in [-0.2, -0.15) is 0 Å². The molecule has 1 heterocycles. The number of para-hydroxylation sites is 1. The van der Waals surface area contributed by atoms with Gasteiger partial charge in [0.1, 0.15) is 11.5 Å². The number of hydrogen-bond donors (Lipinski definition) is 1. The third-order valence-electron chi connectivity index (χ3n) is 3.35. The highest BCUT2D eigenvalue weighted by atomic mass is 16.6. The Balaban J connectivity index is 1.81. The van der Waals surface area contributed by atoms with E-state index in [2.05, 4.69) is 10.3 Å². The second kappa shape index (κ2) is 7.22. The van der Waals surface area contributed by atoms with Gasteiger partial charge in [-0.25, -0.2) is 0 Å². The third kappa shape index (κ3) is 3.97. The second-order valence-corrected chi connectivity index (χ2v) is 5.04. The minimum atomic E-state index is -0.486. The fraction of sp³-hybridized carbons (Fsp3) is 0. The molecule has 7 nitrogen and oxygen atoms in total. The summed E-state index contributed by atoms with van der Waals surface area (Å²) < 4.78 is 5.71. The molecule has 2 aromatic carbocycles. The van der Waals surface area contributed by atoms with Crippen molar-refractivity contribution in [3.63, 3.8) is 0 Å². The first-order valence-corrected chi connectivity index (χ1v) is 7.36. The molecular weight excluding hydrogens is 322 g/mol. The van der Waals surface area contributed by atoms with Crippen LogP contribution in [0.4, 0.5) is 11.4 Å². The Morgan fingerprint density at radius 2 is 1.68 bits per heavy atom. The number of aromatic nitrogens is 1. The van der Waals surface area contributed by atoms with E-state index in [1.807, 2.05) is 0 Å². The van der Waals surface area contributed by atoms with Gasteiger partial charge in [0.2, 0.25) is 0 Å². The predicted molar refractivity (Wildman–Crippen MR) is 91.8 cm³/mol. The number of amides is 1. The average Bonchev–Trinajstić information content (AvgIpc) is 2.63. The molecule has 25 heavy (non-hydrogen) atoms. The molecule has 1 N–H and O–H groups in total. The van der Waals surface area contributed by atoms with Crippen LogP contribution in [0.1, 0.15) is 10.4 Å². The van der Waals surface area contributed by atoms with Crippen molar-refractivity contribution in [2.24, 2.45) is 0 Å². The SMILES string of the molecule is O=C(Nc1ccncc1)c1ccccc1Oc1ccc([N+](=O)[O-])cc1. The summed E-state index contributed by atoms with van der Waals surface area (Å²) in [7, 11) is 0. The van der Waals surface area contributed by atoms with E-state index in [1.54, 1.807) is 48.8 Å². The molecule has 0 radical (unpaired) electrons. The summed E-state index contributed by atoms with van der Waals surface area (Å²) >= 11 is 0. The number of nitro benzene ring substituents is 1. The van der Waals surface area contributed by atoms with Gasteiger partial charge in [0.15, 0.2) is 0 Å². The number of carbonyl (C=O) groups is 1. The Morgan fingerprint density at radius 1 is 1.00 bits per heavy atom. The van der Waals surface area contributed by atoms with Crippen molar-refractivity contribution in [2.75, 3.05) is 5.32 Å². The molecule has 0 bridgehead atoms. The van der Waals surface area contributed by atoms with Crippen LogP contribution >= 0.6 is 0 Å². The topological polar surface area (TPSA) is 94.4 Å². The number of non-ortho nitro benzene ring substituents is 1. The van der Waals surface area contributed by atoms with E-state index in [0.29, 0.717) is 22.7 Å². The summed E-state index contributed by atoms with van der Waals surface area (Å²) in [6.45, 7) is 0. The number of anilines is 1. The Hall–Kier alpha value is -3.74. The van der Waals surface area contributed by atoms with Crippen LogP contribution in [0.3, 0.4) is 0 Å². The Labute approximate surface area is 143 Å². The molecule has 3 aromatic rings. The van der Waals surface area contributed by atoms with Crippen LogP contribution in [0.15, 0.2) is 73.1 Å². The highest BCUT2D eigenvalue weighted by molar-refractivity contribution is 6.06.